The number of rotatable bonds is 4. The Balaban J connectivity index is 1.39. The standard InChI is InChI=1S/C17H16N2O4/c20-13(9-6-10-4-2-1-3-5-10)18-19-16(21)14-11-7-8-12(23-11)15(14)17(19)22/h1-5,7-8,11-12,14-15H,6,9H2,(H,18,20)/t11-,12-,14-,15-/m0/s1. The van der Waals surface area contributed by atoms with E-state index < -0.39 is 11.8 Å². The highest BCUT2D eigenvalue weighted by molar-refractivity contribution is 6.07. The van der Waals surface area contributed by atoms with Gasteiger partial charge in [-0.2, -0.15) is 5.01 Å². The van der Waals surface area contributed by atoms with Gasteiger partial charge in [-0.3, -0.25) is 19.8 Å². The van der Waals surface area contributed by atoms with Crippen LogP contribution in [0, 0.1) is 11.8 Å². The van der Waals surface area contributed by atoms with Gasteiger partial charge in [0.2, 0.25) is 5.91 Å². The molecule has 0 aliphatic carbocycles. The molecule has 3 aliphatic rings. The molecule has 118 valence electrons. The molecule has 1 aromatic carbocycles. The minimum Gasteiger partial charge on any atom is -0.365 e. The molecule has 23 heavy (non-hydrogen) atoms. The first kappa shape index (κ1) is 14.1. The fourth-order valence-electron chi connectivity index (χ4n) is 3.50. The number of benzene rings is 1. The minimum atomic E-state index is -0.494. The number of carbonyl (C=O) groups is 3. The molecular weight excluding hydrogens is 296 g/mol. The summed E-state index contributed by atoms with van der Waals surface area (Å²) in [5, 5.41) is 0.887. The predicted octanol–water partition coefficient (Wildman–Crippen LogP) is 0.589. The Morgan fingerprint density at radius 2 is 1.65 bits per heavy atom. The summed E-state index contributed by atoms with van der Waals surface area (Å²) < 4.78 is 5.55. The second kappa shape index (κ2) is 5.31. The number of ether oxygens (including phenoxy) is 1. The molecule has 2 fully saturated rings. The highest BCUT2D eigenvalue weighted by Crippen LogP contribution is 2.44. The van der Waals surface area contributed by atoms with Crippen LogP contribution in [0.3, 0.4) is 0 Å². The maximum absolute atomic E-state index is 12.4. The number of imide groups is 1. The average molecular weight is 312 g/mol. The zero-order valence-electron chi connectivity index (χ0n) is 12.3. The van der Waals surface area contributed by atoms with Gasteiger partial charge in [-0.05, 0) is 12.0 Å². The van der Waals surface area contributed by atoms with Crippen molar-refractivity contribution in [3.63, 3.8) is 0 Å². The number of nitrogens with one attached hydrogen (secondary N) is 1. The lowest BCUT2D eigenvalue weighted by Crippen LogP contribution is -2.48. The molecule has 0 saturated carbocycles. The van der Waals surface area contributed by atoms with Gasteiger partial charge in [0.25, 0.3) is 11.8 Å². The number of hydrogen-bond acceptors (Lipinski definition) is 4. The summed E-state index contributed by atoms with van der Waals surface area (Å²) in [6, 6.07) is 9.60. The Morgan fingerprint density at radius 1 is 1.04 bits per heavy atom. The van der Waals surface area contributed by atoms with Crippen LogP contribution in [0.15, 0.2) is 42.5 Å². The monoisotopic (exact) mass is 312 g/mol. The molecule has 3 amide bonds. The first-order valence-electron chi connectivity index (χ1n) is 7.70. The van der Waals surface area contributed by atoms with Crippen LogP contribution in [0.1, 0.15) is 12.0 Å². The summed E-state index contributed by atoms with van der Waals surface area (Å²) in [7, 11) is 0. The number of amides is 3. The largest absolute Gasteiger partial charge is 0.365 e. The molecule has 4 rings (SSSR count). The summed E-state index contributed by atoms with van der Waals surface area (Å²) in [5.74, 6) is -2.06. The molecule has 0 radical (unpaired) electrons. The van der Waals surface area contributed by atoms with Gasteiger partial charge < -0.3 is 4.74 Å². The number of hydrazine groups is 1. The lowest BCUT2D eigenvalue weighted by atomic mass is 9.85. The van der Waals surface area contributed by atoms with E-state index in [1.807, 2.05) is 42.5 Å². The van der Waals surface area contributed by atoms with Crippen molar-refractivity contribution < 1.29 is 19.1 Å². The predicted molar refractivity (Wildman–Crippen MR) is 79.5 cm³/mol. The topological polar surface area (TPSA) is 75.7 Å². The summed E-state index contributed by atoms with van der Waals surface area (Å²) in [6.45, 7) is 0. The highest BCUT2D eigenvalue weighted by Gasteiger charge is 2.61. The molecule has 2 bridgehead atoms. The summed E-state index contributed by atoms with van der Waals surface area (Å²) in [5.41, 5.74) is 3.49. The van der Waals surface area contributed by atoms with Crippen molar-refractivity contribution in [1.82, 2.24) is 10.4 Å². The Bertz CT molecular complexity index is 670. The SMILES string of the molecule is O=C(CCc1ccccc1)NN1C(=O)[C@@H]2[C@@H](C1=O)[C@@H]1C=C[C@@H]2O1. The zero-order valence-corrected chi connectivity index (χ0v) is 12.3. The van der Waals surface area contributed by atoms with Crippen LogP contribution in [0.5, 0.6) is 0 Å². The van der Waals surface area contributed by atoms with Gasteiger partial charge in [0.05, 0.1) is 24.0 Å². The van der Waals surface area contributed by atoms with Crippen molar-refractivity contribution in [2.45, 2.75) is 25.0 Å². The van der Waals surface area contributed by atoms with E-state index in [2.05, 4.69) is 5.43 Å². The number of carbonyl (C=O) groups excluding carboxylic acids is 3. The van der Waals surface area contributed by atoms with E-state index >= 15 is 0 Å². The lowest BCUT2D eigenvalue weighted by Gasteiger charge is -2.18. The Kier molecular flexibility index (Phi) is 3.27. The molecular formula is C17H16N2O4. The first-order valence-corrected chi connectivity index (χ1v) is 7.70. The van der Waals surface area contributed by atoms with Gasteiger partial charge in [0.1, 0.15) is 0 Å². The van der Waals surface area contributed by atoms with Gasteiger partial charge in [0, 0.05) is 6.42 Å². The van der Waals surface area contributed by atoms with Crippen LogP contribution >= 0.6 is 0 Å². The molecule has 2 saturated heterocycles. The normalized spacial score (nSPS) is 30.9. The number of hydrogen-bond donors (Lipinski definition) is 1. The summed E-state index contributed by atoms with van der Waals surface area (Å²) in [4.78, 5) is 36.8. The van der Waals surface area contributed by atoms with Gasteiger partial charge in [0.15, 0.2) is 0 Å². The summed E-state index contributed by atoms with van der Waals surface area (Å²) >= 11 is 0. The second-order valence-corrected chi connectivity index (χ2v) is 6.03. The van der Waals surface area contributed by atoms with Gasteiger partial charge >= 0.3 is 0 Å². The number of fused-ring (bicyclic) bond motifs is 5. The van der Waals surface area contributed by atoms with Crippen molar-refractivity contribution in [3.8, 4) is 0 Å². The molecule has 1 aromatic rings. The fraction of sp³-hybridized carbons (Fsp3) is 0.353. The molecule has 0 unspecified atom stereocenters. The van der Waals surface area contributed by atoms with E-state index in [1.54, 1.807) is 0 Å². The maximum atomic E-state index is 12.4. The molecule has 1 N–H and O–H groups in total. The maximum Gasteiger partial charge on any atom is 0.255 e. The van der Waals surface area contributed by atoms with Crippen LogP contribution in [0.2, 0.25) is 0 Å². The Morgan fingerprint density at radius 3 is 2.26 bits per heavy atom. The van der Waals surface area contributed by atoms with E-state index in [4.69, 9.17) is 4.74 Å². The average Bonchev–Trinajstić information content (AvgIpc) is 3.24. The van der Waals surface area contributed by atoms with Crippen molar-refractivity contribution in [3.05, 3.63) is 48.0 Å². The third kappa shape index (κ3) is 2.26. The molecule has 3 heterocycles. The Labute approximate surface area is 133 Å². The molecule has 3 aliphatic heterocycles. The molecule has 6 nitrogen and oxygen atoms in total. The van der Waals surface area contributed by atoms with Crippen LogP contribution in [0.4, 0.5) is 0 Å². The van der Waals surface area contributed by atoms with Crippen LogP contribution in [-0.4, -0.2) is 34.9 Å². The smallest absolute Gasteiger partial charge is 0.255 e. The van der Waals surface area contributed by atoms with Gasteiger partial charge in [-0.1, -0.05) is 42.5 Å². The quantitative estimate of drug-likeness (QED) is 0.652. The number of nitrogens with zero attached hydrogens (tertiary/aromatic N) is 1. The van der Waals surface area contributed by atoms with E-state index in [-0.39, 0.29) is 36.4 Å². The molecule has 0 spiro atoms. The van der Waals surface area contributed by atoms with Gasteiger partial charge in [-0.25, -0.2) is 0 Å². The van der Waals surface area contributed by atoms with Crippen molar-refractivity contribution in [1.29, 1.82) is 0 Å². The van der Waals surface area contributed by atoms with Crippen LogP contribution < -0.4 is 5.43 Å². The Hall–Kier alpha value is -2.47. The molecule has 4 atom stereocenters. The molecule has 0 aromatic heterocycles. The third-order valence-corrected chi connectivity index (χ3v) is 4.63. The fourth-order valence-corrected chi connectivity index (χ4v) is 3.50. The zero-order chi connectivity index (χ0) is 16.0. The van der Waals surface area contributed by atoms with Crippen LogP contribution in [-0.2, 0) is 25.5 Å². The van der Waals surface area contributed by atoms with Gasteiger partial charge in [-0.15, -0.1) is 0 Å². The highest BCUT2D eigenvalue weighted by atomic mass is 16.5. The minimum absolute atomic E-state index is 0.220. The summed E-state index contributed by atoms with van der Waals surface area (Å²) in [6.07, 6.45) is 3.74. The molecule has 6 heteroatoms. The van der Waals surface area contributed by atoms with E-state index in [0.717, 1.165) is 10.6 Å². The van der Waals surface area contributed by atoms with Crippen molar-refractivity contribution in [2.75, 3.05) is 0 Å². The third-order valence-electron chi connectivity index (χ3n) is 4.63. The van der Waals surface area contributed by atoms with E-state index in [0.29, 0.717) is 6.42 Å². The van der Waals surface area contributed by atoms with Crippen LogP contribution in [0.25, 0.3) is 0 Å². The number of aryl methyl sites for hydroxylation is 1. The lowest BCUT2D eigenvalue weighted by molar-refractivity contribution is -0.151. The second-order valence-electron chi connectivity index (χ2n) is 6.03. The van der Waals surface area contributed by atoms with Crippen molar-refractivity contribution in [2.24, 2.45) is 11.8 Å². The first-order chi connectivity index (χ1) is 11.1. The van der Waals surface area contributed by atoms with Crippen molar-refractivity contribution >= 4 is 17.7 Å². The van der Waals surface area contributed by atoms with E-state index in [9.17, 15) is 14.4 Å². The van der Waals surface area contributed by atoms with E-state index in [1.165, 1.54) is 0 Å².